The molecule has 0 heterocycles. The minimum atomic E-state index is 0.0317. The summed E-state index contributed by atoms with van der Waals surface area (Å²) in [5.41, 5.74) is 0. The molecule has 1 N–H and O–H groups in total. The number of hydrogen-bond acceptors (Lipinski definition) is 2. The third-order valence-electron chi connectivity index (χ3n) is 3.06. The van der Waals surface area contributed by atoms with E-state index in [9.17, 15) is 0 Å². The summed E-state index contributed by atoms with van der Waals surface area (Å²) in [5.74, 6) is 0.826. The van der Waals surface area contributed by atoms with E-state index in [1.807, 2.05) is 24.3 Å². The Balaban J connectivity index is 2.22. The van der Waals surface area contributed by atoms with E-state index in [-0.39, 0.29) is 6.61 Å². The predicted molar refractivity (Wildman–Crippen MR) is 74.0 cm³/mol. The first-order valence-electron chi connectivity index (χ1n) is 6.04. The summed E-state index contributed by atoms with van der Waals surface area (Å²) >= 11 is 0. The van der Waals surface area contributed by atoms with Crippen LogP contribution in [0.3, 0.4) is 0 Å². The number of ether oxygens (including phenoxy) is 1. The Kier molecular flexibility index (Phi) is 2.87. The molecule has 0 aliphatic rings. The molecule has 3 aromatic rings. The van der Waals surface area contributed by atoms with Gasteiger partial charge in [-0.3, -0.25) is 0 Å². The minimum Gasteiger partial charge on any atom is -0.491 e. The Morgan fingerprint density at radius 1 is 0.833 bits per heavy atom. The number of benzene rings is 3. The van der Waals surface area contributed by atoms with Crippen molar-refractivity contribution >= 4 is 21.5 Å². The lowest BCUT2D eigenvalue weighted by atomic mass is 10.0. The monoisotopic (exact) mass is 238 g/mol. The van der Waals surface area contributed by atoms with Gasteiger partial charge < -0.3 is 9.84 Å². The van der Waals surface area contributed by atoms with E-state index >= 15 is 0 Å². The maximum absolute atomic E-state index is 8.85. The Labute approximate surface area is 105 Å². The average Bonchev–Trinajstić information content (AvgIpc) is 2.43. The maximum atomic E-state index is 8.85. The molecule has 0 amide bonds. The fourth-order valence-electron chi connectivity index (χ4n) is 2.22. The van der Waals surface area contributed by atoms with E-state index < -0.39 is 0 Å². The van der Waals surface area contributed by atoms with Crippen molar-refractivity contribution in [2.75, 3.05) is 13.2 Å². The molecule has 0 saturated heterocycles. The lowest BCUT2D eigenvalue weighted by molar-refractivity contribution is 0.203. The second kappa shape index (κ2) is 4.67. The molecular weight excluding hydrogens is 224 g/mol. The van der Waals surface area contributed by atoms with E-state index in [2.05, 4.69) is 30.3 Å². The fourth-order valence-corrected chi connectivity index (χ4v) is 2.22. The molecule has 0 saturated carbocycles. The number of aliphatic hydroxyl groups is 1. The lowest BCUT2D eigenvalue weighted by Crippen LogP contribution is -2.01. The van der Waals surface area contributed by atoms with Gasteiger partial charge in [-0.25, -0.2) is 0 Å². The number of fused-ring (bicyclic) bond motifs is 2. The number of rotatable bonds is 3. The third kappa shape index (κ3) is 1.91. The highest BCUT2D eigenvalue weighted by Crippen LogP contribution is 2.29. The molecule has 0 radical (unpaired) electrons. The van der Waals surface area contributed by atoms with Crippen LogP contribution in [0.15, 0.2) is 54.6 Å². The van der Waals surface area contributed by atoms with E-state index in [1.54, 1.807) is 0 Å². The Bertz CT molecular complexity index is 689. The first-order chi connectivity index (χ1) is 8.88. The quantitative estimate of drug-likeness (QED) is 0.709. The molecule has 3 aromatic carbocycles. The summed E-state index contributed by atoms with van der Waals surface area (Å²) in [7, 11) is 0. The van der Waals surface area contributed by atoms with Crippen LogP contribution in [0.1, 0.15) is 0 Å². The van der Waals surface area contributed by atoms with Gasteiger partial charge in [0.1, 0.15) is 12.4 Å². The molecule has 0 bridgehead atoms. The summed E-state index contributed by atoms with van der Waals surface area (Å²) in [5, 5.41) is 13.5. The summed E-state index contributed by atoms with van der Waals surface area (Å²) in [4.78, 5) is 0. The molecular formula is C16H14O2. The van der Waals surface area contributed by atoms with Crippen molar-refractivity contribution in [1.82, 2.24) is 0 Å². The van der Waals surface area contributed by atoms with E-state index in [4.69, 9.17) is 9.84 Å². The van der Waals surface area contributed by atoms with Crippen LogP contribution in [0.2, 0.25) is 0 Å². The summed E-state index contributed by atoms with van der Waals surface area (Å²) in [6, 6.07) is 18.6. The third-order valence-corrected chi connectivity index (χ3v) is 3.06. The average molecular weight is 238 g/mol. The van der Waals surface area contributed by atoms with Crippen molar-refractivity contribution in [3.8, 4) is 5.75 Å². The number of aliphatic hydroxyl groups excluding tert-OH is 1. The van der Waals surface area contributed by atoms with Crippen molar-refractivity contribution in [3.63, 3.8) is 0 Å². The second-order valence-electron chi connectivity index (χ2n) is 4.25. The maximum Gasteiger partial charge on any atom is 0.127 e. The number of hydrogen-bond donors (Lipinski definition) is 1. The van der Waals surface area contributed by atoms with Gasteiger partial charge in [0.25, 0.3) is 0 Å². The van der Waals surface area contributed by atoms with Crippen LogP contribution in [0.5, 0.6) is 5.75 Å². The van der Waals surface area contributed by atoms with Crippen LogP contribution in [0.25, 0.3) is 21.5 Å². The van der Waals surface area contributed by atoms with Gasteiger partial charge in [0, 0.05) is 5.39 Å². The van der Waals surface area contributed by atoms with Crippen LogP contribution in [0.4, 0.5) is 0 Å². The zero-order valence-corrected chi connectivity index (χ0v) is 9.97. The zero-order chi connectivity index (χ0) is 12.4. The van der Waals surface area contributed by atoms with Crippen LogP contribution < -0.4 is 4.74 Å². The summed E-state index contributed by atoms with van der Waals surface area (Å²) in [6.07, 6.45) is 0. The molecule has 3 rings (SSSR count). The standard InChI is InChI=1S/C16H14O2/c17-8-9-18-16-7-3-6-14-10-12-4-1-2-5-13(12)11-15(14)16/h1-7,10-11,17H,8-9H2. The van der Waals surface area contributed by atoms with Gasteiger partial charge in [0.15, 0.2) is 0 Å². The Morgan fingerprint density at radius 3 is 2.33 bits per heavy atom. The topological polar surface area (TPSA) is 29.5 Å². The molecule has 0 atom stereocenters. The van der Waals surface area contributed by atoms with Crippen molar-refractivity contribution in [3.05, 3.63) is 54.6 Å². The molecule has 0 aromatic heterocycles. The van der Waals surface area contributed by atoms with Crippen molar-refractivity contribution in [2.45, 2.75) is 0 Å². The second-order valence-corrected chi connectivity index (χ2v) is 4.25. The van der Waals surface area contributed by atoms with Crippen LogP contribution in [-0.2, 0) is 0 Å². The van der Waals surface area contributed by atoms with E-state index in [0.29, 0.717) is 6.61 Å². The zero-order valence-electron chi connectivity index (χ0n) is 9.97. The van der Waals surface area contributed by atoms with Crippen molar-refractivity contribution in [1.29, 1.82) is 0 Å². The Hall–Kier alpha value is -2.06. The largest absolute Gasteiger partial charge is 0.491 e. The van der Waals surface area contributed by atoms with Gasteiger partial charge >= 0.3 is 0 Å². The van der Waals surface area contributed by atoms with Gasteiger partial charge in [-0.1, -0.05) is 36.4 Å². The van der Waals surface area contributed by atoms with Gasteiger partial charge in [0.2, 0.25) is 0 Å². The minimum absolute atomic E-state index is 0.0317. The van der Waals surface area contributed by atoms with E-state index in [0.717, 1.165) is 16.5 Å². The molecule has 2 heteroatoms. The van der Waals surface area contributed by atoms with Gasteiger partial charge in [-0.2, -0.15) is 0 Å². The SMILES string of the molecule is OCCOc1cccc2cc3ccccc3cc12. The normalized spacial score (nSPS) is 10.9. The molecule has 90 valence electrons. The molecule has 0 aliphatic heterocycles. The molecule has 0 unspecified atom stereocenters. The smallest absolute Gasteiger partial charge is 0.127 e. The lowest BCUT2D eigenvalue weighted by Gasteiger charge is -2.09. The van der Waals surface area contributed by atoms with Crippen LogP contribution >= 0.6 is 0 Å². The molecule has 0 fully saturated rings. The van der Waals surface area contributed by atoms with Gasteiger partial charge in [-0.05, 0) is 34.4 Å². The first-order valence-corrected chi connectivity index (χ1v) is 6.04. The first kappa shape index (κ1) is 11.1. The highest BCUT2D eigenvalue weighted by molar-refractivity contribution is 6.00. The van der Waals surface area contributed by atoms with Gasteiger partial charge in [0.05, 0.1) is 6.61 Å². The van der Waals surface area contributed by atoms with Crippen molar-refractivity contribution in [2.24, 2.45) is 0 Å². The summed E-state index contributed by atoms with van der Waals surface area (Å²) < 4.78 is 5.57. The highest BCUT2D eigenvalue weighted by Gasteiger charge is 2.03. The highest BCUT2D eigenvalue weighted by atomic mass is 16.5. The molecule has 2 nitrogen and oxygen atoms in total. The molecule has 0 aliphatic carbocycles. The molecule has 0 spiro atoms. The van der Waals surface area contributed by atoms with Gasteiger partial charge in [-0.15, -0.1) is 0 Å². The van der Waals surface area contributed by atoms with Crippen LogP contribution in [0, 0.1) is 0 Å². The molecule has 18 heavy (non-hydrogen) atoms. The fraction of sp³-hybridized carbons (Fsp3) is 0.125. The summed E-state index contributed by atoms with van der Waals surface area (Å²) in [6.45, 7) is 0.357. The van der Waals surface area contributed by atoms with Crippen molar-refractivity contribution < 1.29 is 9.84 Å². The van der Waals surface area contributed by atoms with E-state index in [1.165, 1.54) is 10.8 Å². The van der Waals surface area contributed by atoms with Crippen LogP contribution in [-0.4, -0.2) is 18.3 Å². The Morgan fingerprint density at radius 2 is 1.56 bits per heavy atom. The predicted octanol–water partition coefficient (Wildman–Crippen LogP) is 3.36.